The van der Waals surface area contributed by atoms with E-state index in [0.29, 0.717) is 0 Å². The van der Waals surface area contributed by atoms with Crippen LogP contribution in [0, 0.1) is 5.92 Å². The molecule has 1 nitrogen and oxygen atoms in total. The summed E-state index contributed by atoms with van der Waals surface area (Å²) in [5.41, 5.74) is 0. The van der Waals surface area contributed by atoms with Crippen LogP contribution in [0.1, 0.15) is 58.8 Å². The maximum Gasteiger partial charge on any atom is 0.0351 e. The minimum Gasteiger partial charge on any atom is -0.299 e. The van der Waals surface area contributed by atoms with Crippen molar-refractivity contribution < 1.29 is 0 Å². The molecule has 0 spiro atoms. The van der Waals surface area contributed by atoms with E-state index in [4.69, 9.17) is 11.6 Å². The Hall–Kier alpha value is 0.250. The van der Waals surface area contributed by atoms with E-state index in [0.717, 1.165) is 24.4 Å². The number of nitrogens with zero attached hydrogens (tertiary/aromatic N) is 1. The van der Waals surface area contributed by atoms with Gasteiger partial charge in [0.2, 0.25) is 0 Å². The highest BCUT2D eigenvalue weighted by molar-refractivity contribution is 6.18. The first-order valence-corrected chi connectivity index (χ1v) is 7.57. The van der Waals surface area contributed by atoms with Crippen molar-refractivity contribution in [2.75, 3.05) is 19.0 Å². The summed E-state index contributed by atoms with van der Waals surface area (Å²) in [6.07, 6.45) is 9.78. The predicted molar refractivity (Wildman–Crippen MR) is 73.2 cm³/mol. The molecule has 1 aliphatic rings. The molecule has 0 aromatic heterocycles. The Labute approximate surface area is 107 Å². The van der Waals surface area contributed by atoms with Gasteiger partial charge in [0.1, 0.15) is 0 Å². The van der Waals surface area contributed by atoms with Gasteiger partial charge in [0.25, 0.3) is 0 Å². The summed E-state index contributed by atoms with van der Waals surface area (Å²) in [4.78, 5) is 2.65. The van der Waals surface area contributed by atoms with Gasteiger partial charge in [-0.05, 0) is 38.1 Å². The lowest BCUT2D eigenvalue weighted by Crippen LogP contribution is -2.38. The van der Waals surface area contributed by atoms with Gasteiger partial charge in [0, 0.05) is 18.5 Å². The Morgan fingerprint density at radius 3 is 2.38 bits per heavy atom. The third-order valence-corrected chi connectivity index (χ3v) is 3.86. The summed E-state index contributed by atoms with van der Waals surface area (Å²) in [6, 6.07) is 0.833. The van der Waals surface area contributed by atoms with Gasteiger partial charge in [-0.1, -0.05) is 33.1 Å². The fraction of sp³-hybridized carbons (Fsp3) is 1.00. The molecular weight excluding hydrogens is 218 g/mol. The molecule has 0 atom stereocenters. The quantitative estimate of drug-likeness (QED) is 0.605. The summed E-state index contributed by atoms with van der Waals surface area (Å²) in [6.45, 7) is 6.97. The standard InChI is InChI=1S/C14H28ClN/c1-13(2)7-6-11-16(12-10-15)14-8-4-3-5-9-14/h13-14H,3-12H2,1-2H3. The van der Waals surface area contributed by atoms with Crippen molar-refractivity contribution in [3.63, 3.8) is 0 Å². The van der Waals surface area contributed by atoms with Crippen molar-refractivity contribution in [1.29, 1.82) is 0 Å². The Balaban J connectivity index is 2.27. The van der Waals surface area contributed by atoms with Crippen LogP contribution in [-0.4, -0.2) is 29.9 Å². The van der Waals surface area contributed by atoms with Crippen LogP contribution in [0.5, 0.6) is 0 Å². The number of rotatable bonds is 7. The molecule has 1 aliphatic carbocycles. The number of hydrogen-bond donors (Lipinski definition) is 0. The molecule has 0 saturated heterocycles. The van der Waals surface area contributed by atoms with Gasteiger partial charge in [-0.15, -0.1) is 11.6 Å². The molecule has 96 valence electrons. The van der Waals surface area contributed by atoms with Crippen molar-refractivity contribution in [3.8, 4) is 0 Å². The first kappa shape index (κ1) is 14.3. The van der Waals surface area contributed by atoms with E-state index < -0.39 is 0 Å². The molecule has 1 rings (SSSR count). The second-order valence-corrected chi connectivity index (χ2v) is 5.93. The lowest BCUT2D eigenvalue weighted by molar-refractivity contribution is 0.160. The molecule has 0 radical (unpaired) electrons. The third-order valence-electron chi connectivity index (χ3n) is 3.69. The number of halogens is 1. The largest absolute Gasteiger partial charge is 0.299 e. The third kappa shape index (κ3) is 5.54. The lowest BCUT2D eigenvalue weighted by atomic mass is 9.94. The first-order valence-electron chi connectivity index (χ1n) is 7.04. The van der Waals surface area contributed by atoms with Crippen LogP contribution in [0.25, 0.3) is 0 Å². The number of hydrogen-bond acceptors (Lipinski definition) is 1. The Morgan fingerprint density at radius 2 is 1.81 bits per heavy atom. The van der Waals surface area contributed by atoms with Gasteiger partial charge < -0.3 is 0 Å². The predicted octanol–water partition coefficient (Wildman–Crippen LogP) is 4.30. The minimum absolute atomic E-state index is 0.790. The minimum atomic E-state index is 0.790. The van der Waals surface area contributed by atoms with Crippen LogP contribution in [0.3, 0.4) is 0 Å². The Kier molecular flexibility index (Phi) is 7.47. The van der Waals surface area contributed by atoms with E-state index in [2.05, 4.69) is 18.7 Å². The van der Waals surface area contributed by atoms with Crippen LogP contribution in [0.15, 0.2) is 0 Å². The van der Waals surface area contributed by atoms with E-state index in [-0.39, 0.29) is 0 Å². The molecule has 2 heteroatoms. The summed E-state index contributed by atoms with van der Waals surface area (Å²) in [7, 11) is 0. The Bertz CT molecular complexity index is 164. The fourth-order valence-corrected chi connectivity index (χ4v) is 2.95. The van der Waals surface area contributed by atoms with Crippen molar-refractivity contribution in [3.05, 3.63) is 0 Å². The smallest absolute Gasteiger partial charge is 0.0351 e. The summed E-state index contributed by atoms with van der Waals surface area (Å²) in [5.74, 6) is 1.63. The summed E-state index contributed by atoms with van der Waals surface area (Å²) < 4.78 is 0. The molecule has 0 aliphatic heterocycles. The highest BCUT2D eigenvalue weighted by Gasteiger charge is 2.20. The SMILES string of the molecule is CC(C)CCCN(CCCl)C1CCCCC1. The van der Waals surface area contributed by atoms with Crippen LogP contribution in [0.4, 0.5) is 0 Å². The highest BCUT2D eigenvalue weighted by Crippen LogP contribution is 2.23. The Morgan fingerprint density at radius 1 is 1.12 bits per heavy atom. The second kappa shape index (κ2) is 8.36. The second-order valence-electron chi connectivity index (χ2n) is 5.55. The summed E-state index contributed by atoms with van der Waals surface area (Å²) >= 11 is 5.92. The first-order chi connectivity index (χ1) is 7.74. The van der Waals surface area contributed by atoms with Gasteiger partial charge in [0.05, 0.1) is 0 Å². The zero-order valence-electron chi connectivity index (χ0n) is 11.1. The molecule has 0 aromatic carbocycles. The van der Waals surface area contributed by atoms with Gasteiger partial charge in [-0.25, -0.2) is 0 Å². The molecule has 1 saturated carbocycles. The van der Waals surface area contributed by atoms with E-state index in [1.54, 1.807) is 0 Å². The molecule has 0 N–H and O–H groups in total. The molecule has 0 heterocycles. The van der Waals surface area contributed by atoms with Gasteiger partial charge >= 0.3 is 0 Å². The number of alkyl halides is 1. The molecule has 1 fully saturated rings. The molecule has 0 amide bonds. The summed E-state index contributed by atoms with van der Waals surface area (Å²) in [5, 5.41) is 0. The van der Waals surface area contributed by atoms with Crippen LogP contribution >= 0.6 is 11.6 Å². The van der Waals surface area contributed by atoms with E-state index in [9.17, 15) is 0 Å². The molecule has 0 unspecified atom stereocenters. The molecular formula is C14H28ClN. The maximum absolute atomic E-state index is 5.92. The van der Waals surface area contributed by atoms with Gasteiger partial charge in [0.15, 0.2) is 0 Å². The van der Waals surface area contributed by atoms with E-state index in [1.165, 1.54) is 51.5 Å². The van der Waals surface area contributed by atoms with Crippen molar-refractivity contribution >= 4 is 11.6 Å². The normalized spacial score (nSPS) is 18.6. The maximum atomic E-state index is 5.92. The topological polar surface area (TPSA) is 3.24 Å². The zero-order chi connectivity index (χ0) is 11.8. The molecule has 16 heavy (non-hydrogen) atoms. The van der Waals surface area contributed by atoms with Gasteiger partial charge in [-0.2, -0.15) is 0 Å². The van der Waals surface area contributed by atoms with Crippen LogP contribution in [0.2, 0.25) is 0 Å². The average Bonchev–Trinajstić information content (AvgIpc) is 2.29. The molecule has 0 bridgehead atoms. The van der Waals surface area contributed by atoms with Crippen molar-refractivity contribution in [2.45, 2.75) is 64.8 Å². The monoisotopic (exact) mass is 245 g/mol. The molecule has 0 aromatic rings. The lowest BCUT2D eigenvalue weighted by Gasteiger charge is -2.34. The zero-order valence-corrected chi connectivity index (χ0v) is 11.8. The van der Waals surface area contributed by atoms with Gasteiger partial charge in [-0.3, -0.25) is 4.90 Å². The van der Waals surface area contributed by atoms with E-state index >= 15 is 0 Å². The fourth-order valence-electron chi connectivity index (χ4n) is 2.73. The average molecular weight is 246 g/mol. The van der Waals surface area contributed by atoms with Crippen LogP contribution < -0.4 is 0 Å². The van der Waals surface area contributed by atoms with E-state index in [1.807, 2.05) is 0 Å². The van der Waals surface area contributed by atoms with Crippen molar-refractivity contribution in [2.24, 2.45) is 5.92 Å². The highest BCUT2D eigenvalue weighted by atomic mass is 35.5. The van der Waals surface area contributed by atoms with Crippen molar-refractivity contribution in [1.82, 2.24) is 4.90 Å². The van der Waals surface area contributed by atoms with Crippen LogP contribution in [-0.2, 0) is 0 Å².